The number of nitrogens with zero attached hydrogens (tertiary/aromatic N) is 1. The number of nitrogens with one attached hydrogen (secondary N) is 1. The highest BCUT2D eigenvalue weighted by Gasteiger charge is 2.08. The molecule has 2 rings (SSSR count). The van der Waals surface area contributed by atoms with Crippen LogP contribution in [-0.4, -0.2) is 11.5 Å². The van der Waals surface area contributed by atoms with Crippen molar-refractivity contribution in [3.8, 4) is 11.6 Å². The van der Waals surface area contributed by atoms with E-state index in [1.807, 2.05) is 36.4 Å². The van der Waals surface area contributed by atoms with Crippen LogP contribution in [0, 0.1) is 0 Å². The van der Waals surface area contributed by atoms with Crippen molar-refractivity contribution in [3.63, 3.8) is 0 Å². The zero-order valence-corrected chi connectivity index (χ0v) is 13.1. The van der Waals surface area contributed by atoms with E-state index in [1.165, 1.54) is 5.56 Å². The molecule has 0 amide bonds. The molecule has 1 aromatic heterocycles. The van der Waals surface area contributed by atoms with Crippen molar-refractivity contribution in [2.45, 2.75) is 39.7 Å². The van der Waals surface area contributed by atoms with Crippen LogP contribution in [0.1, 0.15) is 44.4 Å². The third kappa shape index (κ3) is 4.57. The van der Waals surface area contributed by atoms with Crippen molar-refractivity contribution >= 4 is 0 Å². The predicted octanol–water partition coefficient (Wildman–Crippen LogP) is 4.50. The molecule has 0 saturated heterocycles. The van der Waals surface area contributed by atoms with Crippen LogP contribution in [0.5, 0.6) is 11.6 Å². The van der Waals surface area contributed by atoms with E-state index in [0.717, 1.165) is 31.0 Å². The quantitative estimate of drug-likeness (QED) is 0.760. The molecule has 3 nitrogen and oxygen atoms in total. The summed E-state index contributed by atoms with van der Waals surface area (Å²) in [5.41, 5.74) is 2.21. The highest BCUT2D eigenvalue weighted by molar-refractivity contribution is 5.38. The number of rotatable bonds is 7. The average molecular weight is 284 g/mol. The third-order valence-electron chi connectivity index (χ3n) is 3.27. The summed E-state index contributed by atoms with van der Waals surface area (Å²) in [6, 6.07) is 14.0. The van der Waals surface area contributed by atoms with Crippen molar-refractivity contribution < 1.29 is 4.74 Å². The van der Waals surface area contributed by atoms with E-state index in [2.05, 4.69) is 37.1 Å². The number of pyridine rings is 1. The fourth-order valence-corrected chi connectivity index (χ4v) is 2.17. The lowest BCUT2D eigenvalue weighted by Crippen LogP contribution is -2.14. The summed E-state index contributed by atoms with van der Waals surface area (Å²) in [5, 5.41) is 3.35. The lowest BCUT2D eigenvalue weighted by atomic mass is 10.0. The molecule has 0 unspecified atom stereocenters. The molecule has 1 aromatic carbocycles. The summed E-state index contributed by atoms with van der Waals surface area (Å²) in [7, 11) is 0. The molecule has 0 spiro atoms. The SMILES string of the molecule is CCCNCc1cccc(Oc2ccccc2C(C)C)n1. The molecular weight excluding hydrogens is 260 g/mol. The minimum absolute atomic E-state index is 0.426. The van der Waals surface area contributed by atoms with Crippen LogP contribution in [0.2, 0.25) is 0 Å². The fraction of sp³-hybridized carbons (Fsp3) is 0.389. The van der Waals surface area contributed by atoms with E-state index < -0.39 is 0 Å². The number of ether oxygens (including phenoxy) is 1. The Kier molecular flexibility index (Phi) is 5.76. The van der Waals surface area contributed by atoms with Gasteiger partial charge in [0.2, 0.25) is 5.88 Å². The Morgan fingerprint density at radius 3 is 2.67 bits per heavy atom. The normalized spacial score (nSPS) is 10.9. The predicted molar refractivity (Wildman–Crippen MR) is 86.8 cm³/mol. The monoisotopic (exact) mass is 284 g/mol. The maximum atomic E-state index is 5.98. The van der Waals surface area contributed by atoms with Gasteiger partial charge in [-0.25, -0.2) is 4.98 Å². The van der Waals surface area contributed by atoms with Gasteiger partial charge in [-0.1, -0.05) is 45.0 Å². The molecule has 3 heteroatoms. The van der Waals surface area contributed by atoms with Crippen LogP contribution in [0.4, 0.5) is 0 Å². The van der Waals surface area contributed by atoms with Crippen LogP contribution < -0.4 is 10.1 Å². The second-order valence-electron chi connectivity index (χ2n) is 5.44. The van der Waals surface area contributed by atoms with Crippen molar-refractivity contribution in [3.05, 3.63) is 53.7 Å². The molecule has 1 heterocycles. The Labute approximate surface area is 127 Å². The van der Waals surface area contributed by atoms with Gasteiger partial charge in [0, 0.05) is 12.6 Å². The van der Waals surface area contributed by atoms with Gasteiger partial charge in [0.1, 0.15) is 5.75 Å². The molecule has 0 bridgehead atoms. The minimum atomic E-state index is 0.426. The van der Waals surface area contributed by atoms with Crippen molar-refractivity contribution in [1.29, 1.82) is 0 Å². The molecule has 0 radical (unpaired) electrons. The van der Waals surface area contributed by atoms with Crippen LogP contribution in [0.25, 0.3) is 0 Å². The third-order valence-corrected chi connectivity index (χ3v) is 3.27. The molecule has 0 saturated carbocycles. The summed E-state index contributed by atoms with van der Waals surface area (Å²) in [6.07, 6.45) is 1.12. The van der Waals surface area contributed by atoms with Gasteiger partial charge in [-0.2, -0.15) is 0 Å². The zero-order valence-electron chi connectivity index (χ0n) is 13.1. The van der Waals surface area contributed by atoms with Crippen molar-refractivity contribution in [1.82, 2.24) is 10.3 Å². The summed E-state index contributed by atoms with van der Waals surface area (Å²) in [5.74, 6) is 1.97. The van der Waals surface area contributed by atoms with Gasteiger partial charge < -0.3 is 10.1 Å². The van der Waals surface area contributed by atoms with Gasteiger partial charge in [-0.3, -0.25) is 0 Å². The number of para-hydroxylation sites is 1. The van der Waals surface area contributed by atoms with E-state index in [-0.39, 0.29) is 0 Å². The molecule has 2 aromatic rings. The molecule has 0 aliphatic carbocycles. The molecule has 0 fully saturated rings. The van der Waals surface area contributed by atoms with Gasteiger partial charge in [0.15, 0.2) is 0 Å². The van der Waals surface area contributed by atoms with Crippen LogP contribution in [0.15, 0.2) is 42.5 Å². The smallest absolute Gasteiger partial charge is 0.219 e. The summed E-state index contributed by atoms with van der Waals surface area (Å²) in [6.45, 7) is 8.27. The average Bonchev–Trinajstić information content (AvgIpc) is 2.48. The Hall–Kier alpha value is -1.87. The first-order valence-corrected chi connectivity index (χ1v) is 7.64. The van der Waals surface area contributed by atoms with E-state index >= 15 is 0 Å². The Morgan fingerprint density at radius 1 is 1.10 bits per heavy atom. The lowest BCUT2D eigenvalue weighted by molar-refractivity contribution is 0.451. The van der Waals surface area contributed by atoms with Crippen LogP contribution >= 0.6 is 0 Å². The minimum Gasteiger partial charge on any atom is -0.439 e. The molecule has 112 valence electrons. The van der Waals surface area contributed by atoms with Gasteiger partial charge in [-0.05, 0) is 36.6 Å². The topological polar surface area (TPSA) is 34.1 Å². The van der Waals surface area contributed by atoms with E-state index in [0.29, 0.717) is 11.8 Å². The summed E-state index contributed by atoms with van der Waals surface area (Å²) in [4.78, 5) is 4.56. The van der Waals surface area contributed by atoms with Gasteiger partial charge >= 0.3 is 0 Å². The number of hydrogen-bond donors (Lipinski definition) is 1. The summed E-state index contributed by atoms with van der Waals surface area (Å²) < 4.78 is 5.98. The zero-order chi connectivity index (χ0) is 15.1. The molecule has 0 aliphatic heterocycles. The standard InChI is InChI=1S/C18H24N2O/c1-4-12-19-13-15-8-7-11-18(20-15)21-17-10-6-5-9-16(17)14(2)3/h5-11,14,19H,4,12-13H2,1-3H3. The van der Waals surface area contributed by atoms with Crippen molar-refractivity contribution in [2.75, 3.05) is 6.54 Å². The second-order valence-corrected chi connectivity index (χ2v) is 5.44. The molecular formula is C18H24N2O. The highest BCUT2D eigenvalue weighted by Crippen LogP contribution is 2.29. The Bertz CT molecular complexity index is 567. The van der Waals surface area contributed by atoms with Crippen LogP contribution in [0.3, 0.4) is 0 Å². The van der Waals surface area contributed by atoms with Gasteiger partial charge in [0.25, 0.3) is 0 Å². The van der Waals surface area contributed by atoms with Crippen LogP contribution in [-0.2, 0) is 6.54 Å². The van der Waals surface area contributed by atoms with Gasteiger partial charge in [-0.15, -0.1) is 0 Å². The Morgan fingerprint density at radius 2 is 1.90 bits per heavy atom. The fourth-order valence-electron chi connectivity index (χ4n) is 2.17. The van der Waals surface area contributed by atoms with E-state index in [1.54, 1.807) is 0 Å². The summed E-state index contributed by atoms with van der Waals surface area (Å²) >= 11 is 0. The number of hydrogen-bond acceptors (Lipinski definition) is 3. The second kappa shape index (κ2) is 7.79. The first-order valence-electron chi connectivity index (χ1n) is 7.64. The van der Waals surface area contributed by atoms with Crippen molar-refractivity contribution in [2.24, 2.45) is 0 Å². The first kappa shape index (κ1) is 15.5. The Balaban J connectivity index is 2.11. The maximum Gasteiger partial charge on any atom is 0.219 e. The van der Waals surface area contributed by atoms with E-state index in [9.17, 15) is 0 Å². The highest BCUT2D eigenvalue weighted by atomic mass is 16.5. The molecule has 21 heavy (non-hydrogen) atoms. The molecule has 0 aliphatic rings. The van der Waals surface area contributed by atoms with Gasteiger partial charge in [0.05, 0.1) is 5.69 Å². The maximum absolute atomic E-state index is 5.98. The number of aromatic nitrogens is 1. The lowest BCUT2D eigenvalue weighted by Gasteiger charge is -2.13. The largest absolute Gasteiger partial charge is 0.439 e. The number of benzene rings is 1. The molecule has 0 atom stereocenters. The molecule has 1 N–H and O–H groups in total. The first-order chi connectivity index (χ1) is 10.2. The van der Waals surface area contributed by atoms with E-state index in [4.69, 9.17) is 4.74 Å².